The van der Waals surface area contributed by atoms with Crippen molar-refractivity contribution in [3.63, 3.8) is 0 Å². The monoisotopic (exact) mass is 422 g/mol. The highest BCUT2D eigenvalue weighted by molar-refractivity contribution is 6.48. The molecule has 1 aliphatic rings. The van der Waals surface area contributed by atoms with Crippen LogP contribution in [0, 0.1) is 11.3 Å². The van der Waals surface area contributed by atoms with Gasteiger partial charge in [-0.25, -0.2) is 0 Å². The molecule has 2 heterocycles. The molecular weight excluding hydrogens is 392 g/mol. The van der Waals surface area contributed by atoms with Crippen LogP contribution in [0.25, 0.3) is 5.70 Å². The lowest BCUT2D eigenvalue weighted by molar-refractivity contribution is 0.157. The molecule has 0 amide bonds. The van der Waals surface area contributed by atoms with Crippen LogP contribution in [0.1, 0.15) is 56.9 Å². The van der Waals surface area contributed by atoms with E-state index in [1.807, 2.05) is 32.2 Å². The summed E-state index contributed by atoms with van der Waals surface area (Å²) < 4.78 is 13.7. The predicted molar refractivity (Wildman–Crippen MR) is 122 cm³/mol. The summed E-state index contributed by atoms with van der Waals surface area (Å²) in [6.07, 6.45) is 3.86. The molecule has 0 fully saturated rings. The fourth-order valence-electron chi connectivity index (χ4n) is 3.40. The van der Waals surface area contributed by atoms with E-state index >= 15 is 0 Å². The van der Waals surface area contributed by atoms with Gasteiger partial charge in [-0.2, -0.15) is 5.26 Å². The third kappa shape index (κ3) is 4.58. The Kier molecular flexibility index (Phi) is 5.81. The molecule has 3 rings (SSSR count). The van der Waals surface area contributed by atoms with Crippen molar-refractivity contribution in [1.82, 2.24) is 4.57 Å². The lowest BCUT2D eigenvalue weighted by Gasteiger charge is -2.32. The van der Waals surface area contributed by atoms with E-state index in [-0.39, 0.29) is 11.0 Å². The molecule has 0 atom stereocenters. The molecule has 0 spiro atoms. The maximum absolute atomic E-state index is 13.5. The molecular formula is C24H30N2O3Si. The van der Waals surface area contributed by atoms with Gasteiger partial charge < -0.3 is 9.16 Å². The topological polar surface area (TPSA) is 64.2 Å². The Balaban J connectivity index is 2.28. The van der Waals surface area contributed by atoms with E-state index in [2.05, 4.69) is 39.9 Å². The smallest absolute Gasteiger partial charge is 0.260 e. The van der Waals surface area contributed by atoms with Crippen LogP contribution in [0.2, 0.25) is 13.1 Å². The first-order chi connectivity index (χ1) is 13.9. The molecule has 1 aromatic carbocycles. The first kappa shape index (κ1) is 22.1. The van der Waals surface area contributed by atoms with E-state index in [1.54, 1.807) is 22.8 Å². The second-order valence-electron chi connectivity index (χ2n) is 9.60. The minimum atomic E-state index is -1.27. The van der Waals surface area contributed by atoms with Gasteiger partial charge in [0.05, 0.1) is 23.9 Å². The zero-order chi connectivity index (χ0) is 22.3. The molecule has 0 aliphatic carbocycles. The summed E-state index contributed by atoms with van der Waals surface area (Å²) in [5.74, 6) is 0.664. The van der Waals surface area contributed by atoms with Gasteiger partial charge in [-0.3, -0.25) is 9.36 Å². The average Bonchev–Trinajstić information content (AvgIpc) is 2.64. The minimum absolute atomic E-state index is 0.102. The summed E-state index contributed by atoms with van der Waals surface area (Å²) >= 11 is 0. The summed E-state index contributed by atoms with van der Waals surface area (Å²) in [7, 11) is -1.27. The van der Waals surface area contributed by atoms with E-state index < -0.39 is 14.6 Å². The van der Waals surface area contributed by atoms with E-state index in [9.17, 15) is 10.1 Å². The highest BCUT2D eigenvalue weighted by Gasteiger charge is 2.29. The first-order valence-corrected chi connectivity index (χ1v) is 13.0. The van der Waals surface area contributed by atoms with Crippen molar-refractivity contribution in [2.45, 2.75) is 65.3 Å². The van der Waals surface area contributed by atoms with Crippen LogP contribution in [0.5, 0.6) is 5.75 Å². The standard InChI is InChI=1S/C24H30N2O3Si/c1-23(2,3)18-11-17(15-28-30(6)7)22(27)26(14-18)20-12-24(4,5)29-21-9-8-16(13-25)10-19(20)21/h8-12,14,30H,15H2,1-7H3. The van der Waals surface area contributed by atoms with E-state index in [0.717, 1.165) is 16.8 Å². The van der Waals surface area contributed by atoms with Crippen molar-refractivity contribution < 1.29 is 9.16 Å². The molecule has 0 unspecified atom stereocenters. The Morgan fingerprint density at radius 2 is 1.93 bits per heavy atom. The molecule has 1 aromatic heterocycles. The predicted octanol–water partition coefficient (Wildman–Crippen LogP) is 4.58. The van der Waals surface area contributed by atoms with Crippen LogP contribution in [0.4, 0.5) is 0 Å². The van der Waals surface area contributed by atoms with Crippen LogP contribution in [-0.2, 0) is 16.4 Å². The highest BCUT2D eigenvalue weighted by atomic mass is 28.3. The van der Waals surface area contributed by atoms with Gasteiger partial charge >= 0.3 is 0 Å². The highest BCUT2D eigenvalue weighted by Crippen LogP contribution is 2.37. The van der Waals surface area contributed by atoms with Gasteiger partial charge in [0, 0.05) is 17.3 Å². The Hall–Kier alpha value is -2.62. The van der Waals surface area contributed by atoms with Crippen molar-refractivity contribution in [2.75, 3.05) is 0 Å². The quantitative estimate of drug-likeness (QED) is 0.677. The van der Waals surface area contributed by atoms with Gasteiger partial charge in [-0.05, 0) is 68.3 Å². The summed E-state index contributed by atoms with van der Waals surface area (Å²) in [5.41, 5.74) is 2.87. The van der Waals surface area contributed by atoms with Crippen molar-refractivity contribution in [1.29, 1.82) is 5.26 Å². The fourth-order valence-corrected chi connectivity index (χ4v) is 3.91. The number of ether oxygens (including phenoxy) is 1. The van der Waals surface area contributed by atoms with Crippen molar-refractivity contribution in [3.05, 3.63) is 69.1 Å². The molecule has 0 bridgehead atoms. The van der Waals surface area contributed by atoms with Crippen molar-refractivity contribution in [2.24, 2.45) is 0 Å². The lowest BCUT2D eigenvalue weighted by Crippen LogP contribution is -2.34. The van der Waals surface area contributed by atoms with Gasteiger partial charge in [-0.15, -0.1) is 0 Å². The largest absolute Gasteiger partial charge is 0.483 e. The number of hydrogen-bond donors (Lipinski definition) is 0. The molecule has 0 N–H and O–H groups in total. The Morgan fingerprint density at radius 1 is 1.23 bits per heavy atom. The van der Waals surface area contributed by atoms with Crippen LogP contribution in [0.15, 0.2) is 41.3 Å². The third-order valence-corrected chi connectivity index (χ3v) is 5.86. The Morgan fingerprint density at radius 3 is 2.53 bits per heavy atom. The molecule has 0 saturated heterocycles. The maximum atomic E-state index is 13.5. The first-order valence-electron chi connectivity index (χ1n) is 10.3. The lowest BCUT2D eigenvalue weighted by atomic mass is 9.87. The maximum Gasteiger partial charge on any atom is 0.260 e. The van der Waals surface area contributed by atoms with Gasteiger partial charge in [-0.1, -0.05) is 20.8 Å². The summed E-state index contributed by atoms with van der Waals surface area (Å²) in [5, 5.41) is 9.38. The molecule has 2 aromatic rings. The molecule has 5 nitrogen and oxygen atoms in total. The minimum Gasteiger partial charge on any atom is -0.483 e. The number of nitriles is 1. The van der Waals surface area contributed by atoms with Gasteiger partial charge in [0.15, 0.2) is 9.04 Å². The zero-order valence-electron chi connectivity index (χ0n) is 18.9. The third-order valence-electron chi connectivity index (χ3n) is 5.03. The van der Waals surface area contributed by atoms with Gasteiger partial charge in [0.2, 0.25) is 0 Å². The van der Waals surface area contributed by atoms with Crippen LogP contribution < -0.4 is 10.3 Å². The second-order valence-corrected chi connectivity index (χ2v) is 12.0. The van der Waals surface area contributed by atoms with E-state index in [4.69, 9.17) is 9.16 Å². The fraction of sp³-hybridized carbons (Fsp3) is 0.417. The van der Waals surface area contributed by atoms with Crippen molar-refractivity contribution >= 4 is 14.7 Å². The molecule has 6 heteroatoms. The van der Waals surface area contributed by atoms with Crippen LogP contribution in [-0.4, -0.2) is 19.2 Å². The van der Waals surface area contributed by atoms with Gasteiger partial charge in [0.25, 0.3) is 5.56 Å². The number of fused-ring (bicyclic) bond motifs is 1. The van der Waals surface area contributed by atoms with E-state index in [0.29, 0.717) is 23.5 Å². The Labute approximate surface area is 180 Å². The summed E-state index contributed by atoms with van der Waals surface area (Å²) in [6.45, 7) is 14.8. The molecule has 30 heavy (non-hydrogen) atoms. The number of benzene rings is 1. The van der Waals surface area contributed by atoms with Gasteiger partial charge in [0.1, 0.15) is 11.4 Å². The number of aromatic nitrogens is 1. The number of rotatable bonds is 4. The summed E-state index contributed by atoms with van der Waals surface area (Å²) in [4.78, 5) is 13.5. The number of nitrogens with zero attached hydrogens (tertiary/aromatic N) is 2. The van der Waals surface area contributed by atoms with Crippen LogP contribution >= 0.6 is 0 Å². The average molecular weight is 423 g/mol. The molecule has 158 valence electrons. The molecule has 0 radical (unpaired) electrons. The number of pyridine rings is 1. The second kappa shape index (κ2) is 7.90. The molecule has 1 aliphatic heterocycles. The normalized spacial score (nSPS) is 15.2. The van der Waals surface area contributed by atoms with Crippen LogP contribution in [0.3, 0.4) is 0 Å². The summed E-state index contributed by atoms with van der Waals surface area (Å²) in [6, 6.07) is 9.46. The molecule has 0 saturated carbocycles. The SMILES string of the molecule is C[SiH](C)OCc1cc(C(C)(C)C)cn(C2=CC(C)(C)Oc3ccc(C#N)cc32)c1=O. The van der Waals surface area contributed by atoms with Crippen molar-refractivity contribution in [3.8, 4) is 11.8 Å². The van der Waals surface area contributed by atoms with E-state index in [1.165, 1.54) is 0 Å². The number of hydrogen-bond acceptors (Lipinski definition) is 4. The zero-order valence-corrected chi connectivity index (χ0v) is 20.0. The Bertz CT molecular complexity index is 1100.